The molecule has 0 aromatic carbocycles. The number of aromatic nitrogens is 3. The number of aromatic amines is 1. The van der Waals surface area contributed by atoms with Gasteiger partial charge in [0.05, 0.1) is 12.3 Å². The first-order valence-electron chi connectivity index (χ1n) is 4.22. The minimum Gasteiger partial charge on any atom is -0.390 e. The van der Waals surface area contributed by atoms with Crippen LogP contribution in [0.4, 0.5) is 11.6 Å². The van der Waals surface area contributed by atoms with Gasteiger partial charge in [0.1, 0.15) is 5.82 Å². The highest BCUT2D eigenvalue weighted by atomic mass is 16.3. The molecule has 5 heteroatoms. The molecule has 0 spiro atoms. The van der Waals surface area contributed by atoms with E-state index in [9.17, 15) is 0 Å². The van der Waals surface area contributed by atoms with Gasteiger partial charge >= 0.3 is 0 Å². The molecule has 2 heterocycles. The summed E-state index contributed by atoms with van der Waals surface area (Å²) < 4.78 is 0. The van der Waals surface area contributed by atoms with Gasteiger partial charge in [0.25, 0.3) is 0 Å². The first kappa shape index (κ1) is 8.71. The SMILES string of the molecule is OCc1cccc(Nc2cc[nH]n2)n1. The number of nitrogens with zero attached hydrogens (tertiary/aromatic N) is 2. The van der Waals surface area contributed by atoms with Crippen LogP contribution in [0.5, 0.6) is 0 Å². The summed E-state index contributed by atoms with van der Waals surface area (Å²) in [6, 6.07) is 7.20. The van der Waals surface area contributed by atoms with E-state index in [4.69, 9.17) is 5.11 Å². The second-order valence-electron chi connectivity index (χ2n) is 2.76. The van der Waals surface area contributed by atoms with Crippen LogP contribution in [-0.2, 0) is 6.61 Å². The van der Waals surface area contributed by atoms with E-state index >= 15 is 0 Å². The smallest absolute Gasteiger partial charge is 0.153 e. The fraction of sp³-hybridized carbons (Fsp3) is 0.111. The van der Waals surface area contributed by atoms with Gasteiger partial charge in [-0.15, -0.1) is 0 Å². The number of hydrogen-bond acceptors (Lipinski definition) is 4. The molecule has 5 nitrogen and oxygen atoms in total. The zero-order valence-electron chi connectivity index (χ0n) is 7.44. The molecule has 72 valence electrons. The van der Waals surface area contributed by atoms with E-state index in [1.807, 2.05) is 12.1 Å². The molecule has 0 amide bonds. The third-order valence-corrected chi connectivity index (χ3v) is 1.73. The molecule has 2 rings (SSSR count). The van der Waals surface area contributed by atoms with Crippen LogP contribution in [0.1, 0.15) is 5.69 Å². The molecular weight excluding hydrogens is 180 g/mol. The van der Waals surface area contributed by atoms with Gasteiger partial charge in [-0.1, -0.05) is 6.07 Å². The molecule has 0 aliphatic heterocycles. The predicted molar refractivity (Wildman–Crippen MR) is 52.0 cm³/mol. The summed E-state index contributed by atoms with van der Waals surface area (Å²) in [5, 5.41) is 18.5. The Bertz CT molecular complexity index is 399. The van der Waals surface area contributed by atoms with Gasteiger partial charge in [0.15, 0.2) is 5.82 Å². The summed E-state index contributed by atoms with van der Waals surface area (Å²) in [5.74, 6) is 1.37. The normalized spacial score (nSPS) is 10.1. The van der Waals surface area contributed by atoms with Crippen molar-refractivity contribution >= 4 is 11.6 Å². The topological polar surface area (TPSA) is 73.8 Å². The molecule has 0 saturated heterocycles. The number of nitrogens with one attached hydrogen (secondary N) is 2. The van der Waals surface area contributed by atoms with Crippen molar-refractivity contribution in [2.75, 3.05) is 5.32 Å². The maximum atomic E-state index is 8.88. The Kier molecular flexibility index (Phi) is 2.42. The Morgan fingerprint density at radius 3 is 2.93 bits per heavy atom. The maximum Gasteiger partial charge on any atom is 0.153 e. The van der Waals surface area contributed by atoms with Gasteiger partial charge in [-0.3, -0.25) is 5.10 Å². The van der Waals surface area contributed by atoms with Crippen LogP contribution in [0, 0.1) is 0 Å². The van der Waals surface area contributed by atoms with Crippen LogP contribution >= 0.6 is 0 Å². The quantitative estimate of drug-likeness (QED) is 0.676. The van der Waals surface area contributed by atoms with Gasteiger partial charge in [-0.25, -0.2) is 4.98 Å². The lowest BCUT2D eigenvalue weighted by Crippen LogP contribution is -1.96. The number of anilines is 2. The molecule has 0 aliphatic rings. The van der Waals surface area contributed by atoms with Crippen LogP contribution in [-0.4, -0.2) is 20.3 Å². The van der Waals surface area contributed by atoms with Crippen molar-refractivity contribution < 1.29 is 5.11 Å². The van der Waals surface area contributed by atoms with Crippen LogP contribution in [0.3, 0.4) is 0 Å². The monoisotopic (exact) mass is 190 g/mol. The highest BCUT2D eigenvalue weighted by Gasteiger charge is 1.98. The molecule has 3 N–H and O–H groups in total. The molecule has 0 radical (unpaired) electrons. The second kappa shape index (κ2) is 3.89. The molecule has 2 aromatic rings. The van der Waals surface area contributed by atoms with Crippen LogP contribution in [0.25, 0.3) is 0 Å². The first-order chi connectivity index (χ1) is 6.88. The molecule has 0 unspecified atom stereocenters. The second-order valence-corrected chi connectivity index (χ2v) is 2.76. The first-order valence-corrected chi connectivity index (χ1v) is 4.22. The van der Waals surface area contributed by atoms with Gasteiger partial charge in [-0.05, 0) is 12.1 Å². The van der Waals surface area contributed by atoms with E-state index < -0.39 is 0 Å². The van der Waals surface area contributed by atoms with Gasteiger partial charge in [0.2, 0.25) is 0 Å². The summed E-state index contributed by atoms with van der Waals surface area (Å²) in [6.45, 7) is -0.0594. The largest absolute Gasteiger partial charge is 0.390 e. The van der Waals surface area contributed by atoms with E-state index in [1.165, 1.54) is 0 Å². The van der Waals surface area contributed by atoms with Crippen LogP contribution < -0.4 is 5.32 Å². The zero-order chi connectivity index (χ0) is 9.80. The molecule has 0 saturated carbocycles. The Labute approximate surface area is 80.8 Å². The summed E-state index contributed by atoms with van der Waals surface area (Å²) in [6.07, 6.45) is 1.72. The number of H-pyrrole nitrogens is 1. The Morgan fingerprint density at radius 2 is 2.21 bits per heavy atom. The summed E-state index contributed by atoms with van der Waals surface area (Å²) in [5.41, 5.74) is 0.630. The minimum atomic E-state index is -0.0594. The van der Waals surface area contributed by atoms with Crippen molar-refractivity contribution in [2.45, 2.75) is 6.61 Å². The van der Waals surface area contributed by atoms with Crippen molar-refractivity contribution in [2.24, 2.45) is 0 Å². The van der Waals surface area contributed by atoms with Crippen molar-refractivity contribution in [1.82, 2.24) is 15.2 Å². The average molecular weight is 190 g/mol. The molecule has 14 heavy (non-hydrogen) atoms. The highest BCUT2D eigenvalue weighted by molar-refractivity contribution is 5.50. The molecule has 0 fully saturated rings. The Hall–Kier alpha value is -1.88. The number of pyridine rings is 1. The summed E-state index contributed by atoms with van der Waals surface area (Å²) in [7, 11) is 0. The predicted octanol–water partition coefficient (Wildman–Crippen LogP) is 1.04. The minimum absolute atomic E-state index is 0.0594. The highest BCUT2D eigenvalue weighted by Crippen LogP contribution is 2.10. The van der Waals surface area contributed by atoms with Gasteiger partial charge < -0.3 is 10.4 Å². The fourth-order valence-corrected chi connectivity index (χ4v) is 1.10. The number of aliphatic hydroxyl groups excluding tert-OH is 1. The number of aliphatic hydroxyl groups is 1. The van der Waals surface area contributed by atoms with Crippen LogP contribution in [0.2, 0.25) is 0 Å². The average Bonchev–Trinajstić information content (AvgIpc) is 2.71. The number of rotatable bonds is 3. The molecule has 0 aliphatic carbocycles. The Balaban J connectivity index is 2.17. The summed E-state index contributed by atoms with van der Waals surface area (Å²) in [4.78, 5) is 4.15. The van der Waals surface area contributed by atoms with Crippen LogP contribution in [0.15, 0.2) is 30.5 Å². The zero-order valence-corrected chi connectivity index (χ0v) is 7.44. The van der Waals surface area contributed by atoms with E-state index in [0.29, 0.717) is 17.3 Å². The summed E-state index contributed by atoms with van der Waals surface area (Å²) >= 11 is 0. The van der Waals surface area contributed by atoms with E-state index in [0.717, 1.165) is 0 Å². The lowest BCUT2D eigenvalue weighted by Gasteiger charge is -2.02. The maximum absolute atomic E-state index is 8.88. The van der Waals surface area contributed by atoms with E-state index in [1.54, 1.807) is 18.3 Å². The van der Waals surface area contributed by atoms with E-state index in [-0.39, 0.29) is 6.61 Å². The van der Waals surface area contributed by atoms with E-state index in [2.05, 4.69) is 20.5 Å². The van der Waals surface area contributed by atoms with Crippen molar-refractivity contribution in [1.29, 1.82) is 0 Å². The lowest BCUT2D eigenvalue weighted by molar-refractivity contribution is 0.277. The Morgan fingerprint density at radius 1 is 1.29 bits per heavy atom. The third-order valence-electron chi connectivity index (χ3n) is 1.73. The lowest BCUT2D eigenvalue weighted by atomic mass is 10.3. The van der Waals surface area contributed by atoms with Crippen molar-refractivity contribution in [3.8, 4) is 0 Å². The fourth-order valence-electron chi connectivity index (χ4n) is 1.10. The van der Waals surface area contributed by atoms with Gasteiger partial charge in [-0.2, -0.15) is 5.10 Å². The molecule has 2 aromatic heterocycles. The molecular formula is C9H10N4O. The third kappa shape index (κ3) is 1.89. The van der Waals surface area contributed by atoms with Crippen molar-refractivity contribution in [3.05, 3.63) is 36.2 Å². The molecule has 0 bridgehead atoms. The van der Waals surface area contributed by atoms with Gasteiger partial charge in [0, 0.05) is 12.3 Å². The standard InChI is InChI=1S/C9H10N4O/c14-6-7-2-1-3-8(11-7)12-9-4-5-10-13-9/h1-5,14H,6H2,(H2,10,11,12,13). The number of hydrogen-bond donors (Lipinski definition) is 3. The molecule has 0 atom stereocenters. The van der Waals surface area contributed by atoms with Crippen molar-refractivity contribution in [3.63, 3.8) is 0 Å².